The van der Waals surface area contributed by atoms with Gasteiger partial charge in [-0.15, -0.1) is 0 Å². The molecule has 1 aromatic heterocycles. The van der Waals surface area contributed by atoms with Gasteiger partial charge in [0.2, 0.25) is 17.7 Å². The number of para-hydroxylation sites is 1. The summed E-state index contributed by atoms with van der Waals surface area (Å²) >= 11 is 0. The van der Waals surface area contributed by atoms with E-state index in [4.69, 9.17) is 5.73 Å². The Labute approximate surface area is 288 Å². The number of fused-ring (bicyclic) bond motifs is 2. The summed E-state index contributed by atoms with van der Waals surface area (Å²) in [6.45, 7) is 6.77. The molecule has 5 rings (SSSR count). The second-order valence-corrected chi connectivity index (χ2v) is 14.7. The second kappa shape index (κ2) is 15.9. The molecule has 0 bridgehead atoms. The number of carbonyl (C=O) groups is 4. The van der Waals surface area contributed by atoms with Crippen LogP contribution >= 0.6 is 0 Å². The third-order valence-corrected chi connectivity index (χ3v) is 9.70. The van der Waals surface area contributed by atoms with E-state index in [0.717, 1.165) is 36.6 Å². The smallest absolute Gasteiger partial charge is 0.270 e. The lowest BCUT2D eigenvalue weighted by Gasteiger charge is -2.47. The number of amides is 4. The van der Waals surface area contributed by atoms with Gasteiger partial charge < -0.3 is 26.8 Å². The van der Waals surface area contributed by atoms with E-state index in [1.165, 1.54) is 6.42 Å². The molecule has 1 saturated carbocycles. The van der Waals surface area contributed by atoms with Gasteiger partial charge in [-0.1, -0.05) is 73.9 Å². The van der Waals surface area contributed by atoms with Crippen LogP contribution in [0, 0.1) is 11.8 Å². The Morgan fingerprint density at radius 3 is 2.35 bits per heavy atom. The van der Waals surface area contributed by atoms with Crippen molar-refractivity contribution in [2.75, 3.05) is 13.1 Å². The predicted molar refractivity (Wildman–Crippen MR) is 188 cm³/mol. The molecule has 262 valence electrons. The van der Waals surface area contributed by atoms with E-state index >= 15 is 0 Å². The van der Waals surface area contributed by atoms with Gasteiger partial charge >= 0.3 is 0 Å². The third-order valence-electron chi connectivity index (χ3n) is 9.70. The normalized spacial score (nSPS) is 21.5. The lowest BCUT2D eigenvalue weighted by Crippen LogP contribution is -2.60. The van der Waals surface area contributed by atoms with Crippen molar-refractivity contribution in [3.8, 4) is 0 Å². The van der Waals surface area contributed by atoms with E-state index in [2.05, 4.69) is 25.8 Å². The predicted octanol–water partition coefficient (Wildman–Crippen LogP) is 3.09. The minimum absolute atomic E-state index is 0.0479. The number of hydrogen-bond donors (Lipinski definition) is 5. The molecule has 11 heteroatoms. The Balaban J connectivity index is 1.30. The SMILES string of the molecule is CC(C)(C)NC(=O)[C@@H]1C[C@@H]2CCCC[C@@H]2CN1C[C@@H](O)C(Cc1ccccc1)NC(=O)C[C@H](NC(=O)c1ccc2ccccc2n1)C(N)=O. The fraction of sp³-hybridized carbons (Fsp3) is 0.500. The molecule has 2 heterocycles. The van der Waals surface area contributed by atoms with Crippen molar-refractivity contribution in [1.82, 2.24) is 25.8 Å². The van der Waals surface area contributed by atoms with Gasteiger partial charge in [0, 0.05) is 24.0 Å². The van der Waals surface area contributed by atoms with Gasteiger partial charge in [0.25, 0.3) is 5.91 Å². The molecule has 4 amide bonds. The number of benzene rings is 2. The zero-order valence-electron chi connectivity index (χ0n) is 28.7. The number of aliphatic hydroxyl groups is 1. The highest BCUT2D eigenvalue weighted by Gasteiger charge is 2.42. The summed E-state index contributed by atoms with van der Waals surface area (Å²) in [5.74, 6) is -1.17. The molecule has 6 N–H and O–H groups in total. The molecule has 49 heavy (non-hydrogen) atoms. The van der Waals surface area contributed by atoms with Crippen LogP contribution in [0.3, 0.4) is 0 Å². The lowest BCUT2D eigenvalue weighted by atomic mass is 9.72. The average molecular weight is 671 g/mol. The molecule has 1 aliphatic carbocycles. The number of carbonyl (C=O) groups excluding carboxylic acids is 4. The molecule has 1 aliphatic heterocycles. The standard InChI is InChI=1S/C38H50N6O5/c1-38(2,3)43-37(49)32-20-26-14-7-8-15-27(26)22-44(32)23-33(45)30(19-24-11-5-4-6-12-24)41-34(46)21-31(35(39)47)42-36(48)29-18-17-25-13-9-10-16-28(25)40-29/h4-6,9-13,16-18,26-27,30-33,45H,7-8,14-15,19-23H2,1-3H3,(H2,39,47)(H,41,46)(H,42,48)(H,43,49)/t26-,27+,30?,31-,32-,33+/m0/s1. The molecule has 1 saturated heterocycles. The Bertz CT molecular complexity index is 1630. The fourth-order valence-electron chi connectivity index (χ4n) is 7.24. The van der Waals surface area contributed by atoms with E-state index in [1.54, 1.807) is 18.2 Å². The molecule has 2 fully saturated rings. The van der Waals surface area contributed by atoms with Crippen LogP contribution in [0.25, 0.3) is 10.9 Å². The van der Waals surface area contributed by atoms with Crippen LogP contribution in [0.5, 0.6) is 0 Å². The van der Waals surface area contributed by atoms with Gasteiger partial charge in [0.1, 0.15) is 11.7 Å². The maximum absolute atomic E-state index is 13.6. The summed E-state index contributed by atoms with van der Waals surface area (Å²) in [7, 11) is 0. The van der Waals surface area contributed by atoms with E-state index in [1.807, 2.05) is 69.3 Å². The van der Waals surface area contributed by atoms with Crippen LogP contribution in [0.1, 0.15) is 75.3 Å². The molecule has 3 aromatic rings. The summed E-state index contributed by atoms with van der Waals surface area (Å²) in [6.07, 6.45) is 4.16. The molecule has 0 radical (unpaired) electrons. The van der Waals surface area contributed by atoms with Gasteiger partial charge in [-0.3, -0.25) is 24.1 Å². The van der Waals surface area contributed by atoms with Gasteiger partial charge in [-0.25, -0.2) is 4.98 Å². The first-order valence-electron chi connectivity index (χ1n) is 17.4. The first-order valence-corrected chi connectivity index (χ1v) is 17.4. The van der Waals surface area contributed by atoms with Crippen molar-refractivity contribution in [2.45, 2.75) is 95.5 Å². The number of nitrogens with two attached hydrogens (primary N) is 1. The Morgan fingerprint density at radius 1 is 0.939 bits per heavy atom. The topological polar surface area (TPSA) is 167 Å². The quantitative estimate of drug-likeness (QED) is 0.198. The maximum atomic E-state index is 13.6. The molecule has 2 aromatic carbocycles. The summed E-state index contributed by atoms with van der Waals surface area (Å²) in [5, 5.41) is 21.2. The number of piperidine rings is 1. The van der Waals surface area contributed by atoms with Gasteiger partial charge in [-0.2, -0.15) is 0 Å². The van der Waals surface area contributed by atoms with E-state index in [9.17, 15) is 24.3 Å². The summed E-state index contributed by atoms with van der Waals surface area (Å²) in [4.78, 5) is 59.0. The maximum Gasteiger partial charge on any atom is 0.270 e. The van der Waals surface area contributed by atoms with Crippen molar-refractivity contribution in [2.24, 2.45) is 17.6 Å². The second-order valence-electron chi connectivity index (χ2n) is 14.7. The Kier molecular flexibility index (Phi) is 11.7. The van der Waals surface area contributed by atoms with Gasteiger partial charge in [0.15, 0.2) is 0 Å². The van der Waals surface area contributed by atoms with Crippen molar-refractivity contribution >= 4 is 34.5 Å². The highest BCUT2D eigenvalue weighted by Crippen LogP contribution is 2.39. The molecular formula is C38H50N6O5. The summed E-state index contributed by atoms with van der Waals surface area (Å²) in [5.41, 5.74) is 6.85. The third kappa shape index (κ3) is 9.86. The largest absolute Gasteiger partial charge is 0.390 e. The van der Waals surface area contributed by atoms with Crippen molar-refractivity contribution in [3.63, 3.8) is 0 Å². The Hall–Kier alpha value is -4.35. The number of likely N-dealkylation sites (tertiary alicyclic amines) is 1. The van der Waals surface area contributed by atoms with Crippen LogP contribution in [0.4, 0.5) is 0 Å². The fourth-order valence-corrected chi connectivity index (χ4v) is 7.24. The zero-order chi connectivity index (χ0) is 35.1. The highest BCUT2D eigenvalue weighted by molar-refractivity contribution is 5.98. The summed E-state index contributed by atoms with van der Waals surface area (Å²) in [6, 6.07) is 17.7. The first kappa shape index (κ1) is 35.9. The number of aliphatic hydroxyl groups excluding tert-OH is 1. The first-order chi connectivity index (χ1) is 23.4. The number of aromatic nitrogens is 1. The monoisotopic (exact) mass is 670 g/mol. The number of rotatable bonds is 12. The summed E-state index contributed by atoms with van der Waals surface area (Å²) < 4.78 is 0. The van der Waals surface area contributed by atoms with Gasteiger partial charge in [0.05, 0.1) is 30.1 Å². The molecule has 11 nitrogen and oxygen atoms in total. The van der Waals surface area contributed by atoms with Crippen LogP contribution < -0.4 is 21.7 Å². The van der Waals surface area contributed by atoms with Crippen molar-refractivity contribution < 1.29 is 24.3 Å². The lowest BCUT2D eigenvalue weighted by molar-refractivity contribution is -0.133. The van der Waals surface area contributed by atoms with Crippen LogP contribution in [-0.4, -0.2) is 81.5 Å². The Morgan fingerprint density at radius 2 is 1.63 bits per heavy atom. The molecule has 0 spiro atoms. The van der Waals surface area contributed by atoms with E-state index < -0.39 is 47.9 Å². The number of β-amino-alcohol motifs (C(OH)–C–C–N with tert-alkyl or cyclic N) is 1. The number of nitrogens with zero attached hydrogens (tertiary/aromatic N) is 2. The molecule has 6 atom stereocenters. The van der Waals surface area contributed by atoms with E-state index in [0.29, 0.717) is 30.3 Å². The van der Waals surface area contributed by atoms with Crippen molar-refractivity contribution in [1.29, 1.82) is 0 Å². The number of pyridine rings is 1. The van der Waals surface area contributed by atoms with E-state index in [-0.39, 0.29) is 24.2 Å². The minimum atomic E-state index is -1.30. The van der Waals surface area contributed by atoms with Gasteiger partial charge in [-0.05, 0) is 69.6 Å². The number of primary amides is 1. The highest BCUT2D eigenvalue weighted by atomic mass is 16.3. The molecular weight excluding hydrogens is 620 g/mol. The minimum Gasteiger partial charge on any atom is -0.390 e. The zero-order valence-corrected chi connectivity index (χ0v) is 28.7. The van der Waals surface area contributed by atoms with Crippen LogP contribution in [0.2, 0.25) is 0 Å². The molecule has 1 unspecified atom stereocenters. The van der Waals surface area contributed by atoms with Crippen molar-refractivity contribution in [3.05, 3.63) is 78.0 Å². The van der Waals surface area contributed by atoms with Crippen LogP contribution in [0.15, 0.2) is 66.7 Å². The number of nitrogens with one attached hydrogen (secondary N) is 3. The number of hydrogen-bond acceptors (Lipinski definition) is 7. The molecule has 2 aliphatic rings. The van der Waals surface area contributed by atoms with Crippen LogP contribution in [-0.2, 0) is 20.8 Å². The average Bonchev–Trinajstić information content (AvgIpc) is 3.06.